The van der Waals surface area contributed by atoms with Gasteiger partial charge in [0.2, 0.25) is 10.0 Å². The summed E-state index contributed by atoms with van der Waals surface area (Å²) in [5.41, 5.74) is 2.50. The molecule has 0 aliphatic rings. The number of carboxylic acids is 1. The molecular formula is C21H21N3O4S. The fourth-order valence-corrected chi connectivity index (χ4v) is 3.94. The SMILES string of the molecule is CN(Cc1cnn(Cc2ccccc2)c1)S(=O)(=O)c1ccc(C=CC(=O)O)cc1. The maximum Gasteiger partial charge on any atom is 0.328 e. The molecule has 7 nitrogen and oxygen atoms in total. The molecule has 0 atom stereocenters. The second-order valence-corrected chi connectivity index (χ2v) is 8.58. The van der Waals surface area contributed by atoms with E-state index >= 15 is 0 Å². The minimum atomic E-state index is -3.68. The van der Waals surface area contributed by atoms with Gasteiger partial charge in [-0.05, 0) is 29.3 Å². The lowest BCUT2D eigenvalue weighted by molar-refractivity contribution is -0.131. The van der Waals surface area contributed by atoms with E-state index in [0.717, 1.165) is 17.2 Å². The summed E-state index contributed by atoms with van der Waals surface area (Å²) in [6.45, 7) is 0.806. The second kappa shape index (κ2) is 8.85. The minimum Gasteiger partial charge on any atom is -0.478 e. The Morgan fingerprint density at radius 1 is 1.10 bits per heavy atom. The van der Waals surface area contributed by atoms with Gasteiger partial charge in [0.05, 0.1) is 17.6 Å². The molecule has 3 rings (SSSR count). The molecule has 0 aliphatic heterocycles. The number of aliphatic carboxylic acids is 1. The Morgan fingerprint density at radius 2 is 1.79 bits per heavy atom. The number of hydrogen-bond acceptors (Lipinski definition) is 4. The molecule has 0 unspecified atom stereocenters. The molecule has 0 bridgehead atoms. The zero-order chi connectivity index (χ0) is 20.9. The summed E-state index contributed by atoms with van der Waals surface area (Å²) in [6.07, 6.45) is 5.90. The van der Waals surface area contributed by atoms with Crippen LogP contribution in [0.4, 0.5) is 0 Å². The van der Waals surface area contributed by atoms with Gasteiger partial charge >= 0.3 is 5.97 Å². The monoisotopic (exact) mass is 411 g/mol. The van der Waals surface area contributed by atoms with E-state index in [1.807, 2.05) is 36.5 Å². The Labute approximate surface area is 169 Å². The zero-order valence-electron chi connectivity index (χ0n) is 15.8. The summed E-state index contributed by atoms with van der Waals surface area (Å²) in [4.78, 5) is 10.7. The van der Waals surface area contributed by atoms with Crippen LogP contribution < -0.4 is 0 Å². The molecule has 0 amide bonds. The maximum atomic E-state index is 12.8. The van der Waals surface area contributed by atoms with Crippen molar-refractivity contribution in [2.24, 2.45) is 0 Å². The molecule has 0 saturated carbocycles. The zero-order valence-corrected chi connectivity index (χ0v) is 16.7. The van der Waals surface area contributed by atoms with Crippen LogP contribution in [0.1, 0.15) is 16.7 Å². The molecule has 0 radical (unpaired) electrons. The number of benzene rings is 2. The van der Waals surface area contributed by atoms with Crippen LogP contribution in [0, 0.1) is 0 Å². The van der Waals surface area contributed by atoms with E-state index in [2.05, 4.69) is 5.10 Å². The third kappa shape index (κ3) is 5.40. The van der Waals surface area contributed by atoms with Crippen LogP contribution in [0.25, 0.3) is 6.08 Å². The second-order valence-electron chi connectivity index (χ2n) is 6.53. The van der Waals surface area contributed by atoms with Gasteiger partial charge in [-0.2, -0.15) is 9.40 Å². The first-order valence-electron chi connectivity index (χ1n) is 8.87. The van der Waals surface area contributed by atoms with Gasteiger partial charge in [0.1, 0.15) is 0 Å². The summed E-state index contributed by atoms with van der Waals surface area (Å²) >= 11 is 0. The van der Waals surface area contributed by atoms with Crippen LogP contribution in [-0.4, -0.2) is 40.6 Å². The third-order valence-electron chi connectivity index (χ3n) is 4.29. The van der Waals surface area contributed by atoms with E-state index in [4.69, 9.17) is 5.11 Å². The maximum absolute atomic E-state index is 12.8. The van der Waals surface area contributed by atoms with E-state index < -0.39 is 16.0 Å². The Hall–Kier alpha value is -3.23. The first-order chi connectivity index (χ1) is 13.8. The third-order valence-corrected chi connectivity index (χ3v) is 6.10. The molecule has 2 aromatic carbocycles. The first kappa shape index (κ1) is 20.5. The van der Waals surface area contributed by atoms with E-state index in [0.29, 0.717) is 12.1 Å². The lowest BCUT2D eigenvalue weighted by Crippen LogP contribution is -2.26. The number of nitrogens with zero attached hydrogens (tertiary/aromatic N) is 3. The van der Waals surface area contributed by atoms with Crippen molar-refractivity contribution in [3.05, 3.63) is 89.8 Å². The topological polar surface area (TPSA) is 92.5 Å². The van der Waals surface area contributed by atoms with Crippen LogP contribution >= 0.6 is 0 Å². The molecule has 150 valence electrons. The van der Waals surface area contributed by atoms with Crippen molar-refractivity contribution >= 4 is 22.1 Å². The summed E-state index contributed by atoms with van der Waals surface area (Å²) in [5.74, 6) is -1.06. The highest BCUT2D eigenvalue weighted by molar-refractivity contribution is 7.89. The van der Waals surface area contributed by atoms with Crippen LogP contribution in [0.5, 0.6) is 0 Å². The van der Waals surface area contributed by atoms with Crippen molar-refractivity contribution in [2.75, 3.05) is 7.05 Å². The van der Waals surface area contributed by atoms with Gasteiger partial charge < -0.3 is 5.11 Å². The normalized spacial score (nSPS) is 11.9. The number of aromatic nitrogens is 2. The van der Waals surface area contributed by atoms with Gasteiger partial charge in [-0.1, -0.05) is 42.5 Å². The van der Waals surface area contributed by atoms with Gasteiger partial charge in [0.15, 0.2) is 0 Å². The Bertz CT molecular complexity index is 1100. The lowest BCUT2D eigenvalue weighted by Gasteiger charge is -2.16. The average molecular weight is 411 g/mol. The molecule has 29 heavy (non-hydrogen) atoms. The summed E-state index contributed by atoms with van der Waals surface area (Å²) in [7, 11) is -2.16. The molecular weight excluding hydrogens is 390 g/mol. The van der Waals surface area contributed by atoms with E-state index in [9.17, 15) is 13.2 Å². The van der Waals surface area contributed by atoms with Gasteiger partial charge in [0.25, 0.3) is 0 Å². The minimum absolute atomic E-state index is 0.143. The van der Waals surface area contributed by atoms with Crippen molar-refractivity contribution in [1.82, 2.24) is 14.1 Å². The highest BCUT2D eigenvalue weighted by Gasteiger charge is 2.21. The number of hydrogen-bond donors (Lipinski definition) is 1. The van der Waals surface area contributed by atoms with Crippen LogP contribution in [0.3, 0.4) is 0 Å². The van der Waals surface area contributed by atoms with Crippen molar-refractivity contribution in [1.29, 1.82) is 0 Å². The fourth-order valence-electron chi connectivity index (χ4n) is 2.79. The summed E-state index contributed by atoms with van der Waals surface area (Å²) in [5, 5.41) is 13.0. The van der Waals surface area contributed by atoms with Crippen molar-refractivity contribution < 1.29 is 18.3 Å². The summed E-state index contributed by atoms with van der Waals surface area (Å²) in [6, 6.07) is 16.0. The number of rotatable bonds is 8. The summed E-state index contributed by atoms with van der Waals surface area (Å²) < 4.78 is 28.6. The Kier molecular flexibility index (Phi) is 6.26. The average Bonchev–Trinajstić information content (AvgIpc) is 3.14. The van der Waals surface area contributed by atoms with Gasteiger partial charge in [-0.25, -0.2) is 13.2 Å². The fraction of sp³-hybridized carbons (Fsp3) is 0.143. The predicted octanol–water partition coefficient (Wildman–Crippen LogP) is 2.85. The van der Waals surface area contributed by atoms with Crippen LogP contribution in [0.2, 0.25) is 0 Å². The van der Waals surface area contributed by atoms with Crippen molar-refractivity contribution in [3.8, 4) is 0 Å². The Morgan fingerprint density at radius 3 is 2.45 bits per heavy atom. The van der Waals surface area contributed by atoms with Gasteiger partial charge in [-0.15, -0.1) is 0 Å². The highest BCUT2D eigenvalue weighted by atomic mass is 32.2. The molecule has 3 aromatic rings. The van der Waals surface area contributed by atoms with Crippen LogP contribution in [0.15, 0.2) is 78.0 Å². The molecule has 1 aromatic heterocycles. The van der Waals surface area contributed by atoms with Gasteiger partial charge in [-0.3, -0.25) is 4.68 Å². The molecule has 0 fully saturated rings. The van der Waals surface area contributed by atoms with Gasteiger partial charge in [0, 0.05) is 31.4 Å². The standard InChI is InChI=1S/C21H21N3O4S/c1-23(14-19-13-22-24(16-19)15-18-5-3-2-4-6-18)29(27,28)20-10-7-17(8-11-20)9-12-21(25)26/h2-13,16H,14-15H2,1H3,(H,25,26). The van der Waals surface area contributed by atoms with E-state index in [1.165, 1.54) is 29.6 Å². The lowest BCUT2D eigenvalue weighted by atomic mass is 10.2. The molecule has 1 N–H and O–H groups in total. The molecule has 8 heteroatoms. The largest absolute Gasteiger partial charge is 0.478 e. The van der Waals surface area contributed by atoms with E-state index in [1.54, 1.807) is 23.0 Å². The molecule has 0 aliphatic carbocycles. The van der Waals surface area contributed by atoms with E-state index in [-0.39, 0.29) is 11.4 Å². The molecule has 0 spiro atoms. The van der Waals surface area contributed by atoms with Crippen LogP contribution in [-0.2, 0) is 27.9 Å². The predicted molar refractivity (Wildman–Crippen MR) is 110 cm³/mol. The Balaban J connectivity index is 1.68. The smallest absolute Gasteiger partial charge is 0.328 e. The van der Waals surface area contributed by atoms with Crippen molar-refractivity contribution in [3.63, 3.8) is 0 Å². The highest BCUT2D eigenvalue weighted by Crippen LogP contribution is 2.18. The number of carboxylic acid groups (broad SMARTS) is 1. The number of carbonyl (C=O) groups is 1. The first-order valence-corrected chi connectivity index (χ1v) is 10.3. The molecule has 1 heterocycles. The van der Waals surface area contributed by atoms with Crippen molar-refractivity contribution in [2.45, 2.75) is 18.0 Å². The number of sulfonamides is 1. The molecule has 0 saturated heterocycles. The quantitative estimate of drug-likeness (QED) is 0.576.